The molecule has 0 unspecified atom stereocenters. The standard InChI is InChI=1S/C19H24N6O3S/c1-4-28-16-5-7-17(8-6-16)29(26,27)21-12-11-20-18-9-10-19(23-22-18)25-15(3)13-14(2)24-25/h5-10,13,21H,4,11-12H2,1-3H3,(H,20,22). The van der Waals surface area contributed by atoms with Gasteiger partial charge in [-0.25, -0.2) is 17.8 Å². The van der Waals surface area contributed by atoms with Crippen LogP contribution in [0.5, 0.6) is 5.75 Å². The molecule has 0 aliphatic heterocycles. The van der Waals surface area contributed by atoms with E-state index in [9.17, 15) is 8.42 Å². The minimum absolute atomic E-state index is 0.190. The first-order valence-corrected chi connectivity index (χ1v) is 10.7. The van der Waals surface area contributed by atoms with Gasteiger partial charge in [0.25, 0.3) is 0 Å². The highest BCUT2D eigenvalue weighted by Crippen LogP contribution is 2.15. The summed E-state index contributed by atoms with van der Waals surface area (Å²) >= 11 is 0. The Hall–Kier alpha value is -2.98. The summed E-state index contributed by atoms with van der Waals surface area (Å²) in [6.45, 7) is 6.84. The molecule has 2 N–H and O–H groups in total. The van der Waals surface area contributed by atoms with E-state index in [-0.39, 0.29) is 11.4 Å². The summed E-state index contributed by atoms with van der Waals surface area (Å²) in [7, 11) is -3.58. The minimum Gasteiger partial charge on any atom is -0.494 e. The van der Waals surface area contributed by atoms with E-state index in [0.29, 0.717) is 30.5 Å². The van der Waals surface area contributed by atoms with Crippen LogP contribution < -0.4 is 14.8 Å². The average molecular weight is 417 g/mol. The van der Waals surface area contributed by atoms with Crippen molar-refractivity contribution in [3.05, 3.63) is 53.9 Å². The topological polar surface area (TPSA) is 111 Å². The van der Waals surface area contributed by atoms with Gasteiger partial charge < -0.3 is 10.1 Å². The maximum Gasteiger partial charge on any atom is 0.240 e. The average Bonchev–Trinajstić information content (AvgIpc) is 3.04. The van der Waals surface area contributed by atoms with Crippen molar-refractivity contribution in [1.29, 1.82) is 0 Å². The molecule has 1 aromatic carbocycles. The van der Waals surface area contributed by atoms with E-state index in [1.54, 1.807) is 28.9 Å². The van der Waals surface area contributed by atoms with E-state index >= 15 is 0 Å². The fourth-order valence-corrected chi connectivity index (χ4v) is 3.77. The van der Waals surface area contributed by atoms with Gasteiger partial charge in [-0.15, -0.1) is 10.2 Å². The fraction of sp³-hybridized carbons (Fsp3) is 0.316. The lowest BCUT2D eigenvalue weighted by Crippen LogP contribution is -2.29. The maximum atomic E-state index is 12.3. The summed E-state index contributed by atoms with van der Waals surface area (Å²) in [4.78, 5) is 0.190. The van der Waals surface area contributed by atoms with Crippen LogP contribution in [-0.4, -0.2) is 48.1 Å². The molecule has 0 amide bonds. The van der Waals surface area contributed by atoms with Gasteiger partial charge >= 0.3 is 0 Å². The first-order chi connectivity index (χ1) is 13.9. The van der Waals surface area contributed by atoms with Crippen molar-refractivity contribution in [1.82, 2.24) is 24.7 Å². The Morgan fingerprint density at radius 2 is 1.79 bits per heavy atom. The molecule has 0 atom stereocenters. The summed E-state index contributed by atoms with van der Waals surface area (Å²) in [6.07, 6.45) is 0. The Bertz CT molecular complexity index is 1050. The molecule has 2 heterocycles. The molecular formula is C19H24N6O3S. The van der Waals surface area contributed by atoms with E-state index in [1.807, 2.05) is 26.8 Å². The van der Waals surface area contributed by atoms with Crippen molar-refractivity contribution in [3.63, 3.8) is 0 Å². The number of hydrogen-bond acceptors (Lipinski definition) is 7. The van der Waals surface area contributed by atoms with Crippen molar-refractivity contribution in [2.45, 2.75) is 25.7 Å². The van der Waals surface area contributed by atoms with Crippen molar-refractivity contribution >= 4 is 15.8 Å². The largest absolute Gasteiger partial charge is 0.494 e. The number of nitrogens with one attached hydrogen (secondary N) is 2. The Balaban J connectivity index is 1.51. The Morgan fingerprint density at radius 1 is 1.03 bits per heavy atom. The molecule has 0 saturated heterocycles. The number of aromatic nitrogens is 4. The van der Waals surface area contributed by atoms with Crippen molar-refractivity contribution in [3.8, 4) is 11.6 Å². The molecule has 0 bridgehead atoms. The monoisotopic (exact) mass is 416 g/mol. The lowest BCUT2D eigenvalue weighted by Gasteiger charge is -2.09. The summed E-state index contributed by atoms with van der Waals surface area (Å²) in [5.41, 5.74) is 1.88. The number of sulfonamides is 1. The number of hydrogen-bond donors (Lipinski definition) is 2. The first-order valence-electron chi connectivity index (χ1n) is 9.23. The SMILES string of the molecule is CCOc1ccc(S(=O)(=O)NCCNc2ccc(-n3nc(C)cc3C)nn2)cc1. The van der Waals surface area contributed by atoms with Gasteiger partial charge in [-0.1, -0.05) is 0 Å². The predicted octanol–water partition coefficient (Wildman–Crippen LogP) is 2.07. The van der Waals surface area contributed by atoms with Gasteiger partial charge in [-0.05, 0) is 63.2 Å². The van der Waals surface area contributed by atoms with Gasteiger partial charge in [-0.3, -0.25) is 0 Å². The van der Waals surface area contributed by atoms with Crippen LogP contribution in [0.4, 0.5) is 5.82 Å². The van der Waals surface area contributed by atoms with Gasteiger partial charge in [0.15, 0.2) is 5.82 Å². The van der Waals surface area contributed by atoms with Crippen LogP contribution in [-0.2, 0) is 10.0 Å². The van der Waals surface area contributed by atoms with Crippen molar-refractivity contribution in [2.24, 2.45) is 0 Å². The molecule has 10 heteroatoms. The second kappa shape index (κ2) is 9.01. The van der Waals surface area contributed by atoms with Gasteiger partial charge in [0.2, 0.25) is 10.0 Å². The molecule has 0 aliphatic carbocycles. The third-order valence-corrected chi connectivity index (χ3v) is 5.52. The van der Waals surface area contributed by atoms with Gasteiger partial charge in [-0.2, -0.15) is 5.10 Å². The van der Waals surface area contributed by atoms with Crippen molar-refractivity contribution < 1.29 is 13.2 Å². The summed E-state index contributed by atoms with van der Waals surface area (Å²) < 4.78 is 34.3. The Kier molecular flexibility index (Phi) is 6.45. The molecule has 0 radical (unpaired) electrons. The maximum absolute atomic E-state index is 12.3. The molecule has 0 spiro atoms. The zero-order valence-corrected chi connectivity index (χ0v) is 17.4. The third kappa shape index (κ3) is 5.30. The molecule has 29 heavy (non-hydrogen) atoms. The molecule has 0 aliphatic rings. The van der Waals surface area contributed by atoms with Crippen LogP contribution in [0.15, 0.2) is 47.4 Å². The second-order valence-corrected chi connectivity index (χ2v) is 8.11. The smallest absolute Gasteiger partial charge is 0.240 e. The summed E-state index contributed by atoms with van der Waals surface area (Å²) in [6, 6.07) is 11.9. The van der Waals surface area contributed by atoms with E-state index < -0.39 is 10.0 Å². The molecule has 9 nitrogen and oxygen atoms in total. The van der Waals surface area contributed by atoms with E-state index in [2.05, 4.69) is 25.3 Å². The highest BCUT2D eigenvalue weighted by atomic mass is 32.2. The molecule has 0 fully saturated rings. The highest BCUT2D eigenvalue weighted by molar-refractivity contribution is 7.89. The van der Waals surface area contributed by atoms with Crippen molar-refractivity contribution in [2.75, 3.05) is 25.0 Å². The molecule has 154 valence electrons. The number of nitrogens with zero attached hydrogens (tertiary/aromatic N) is 4. The number of benzene rings is 1. The highest BCUT2D eigenvalue weighted by Gasteiger charge is 2.13. The van der Waals surface area contributed by atoms with Crippen LogP contribution in [0.3, 0.4) is 0 Å². The zero-order chi connectivity index (χ0) is 20.9. The molecule has 3 rings (SSSR count). The first kappa shape index (κ1) is 20.7. The Labute approximate surface area is 170 Å². The minimum atomic E-state index is -3.58. The third-order valence-electron chi connectivity index (χ3n) is 4.05. The predicted molar refractivity (Wildman–Crippen MR) is 110 cm³/mol. The van der Waals surface area contributed by atoms with Crippen LogP contribution in [0.2, 0.25) is 0 Å². The lowest BCUT2D eigenvalue weighted by atomic mass is 10.3. The molecule has 3 aromatic rings. The zero-order valence-electron chi connectivity index (χ0n) is 16.6. The Morgan fingerprint density at radius 3 is 2.38 bits per heavy atom. The fourth-order valence-electron chi connectivity index (χ4n) is 2.73. The van der Waals surface area contributed by atoms with E-state index in [0.717, 1.165) is 11.4 Å². The second-order valence-electron chi connectivity index (χ2n) is 6.34. The summed E-state index contributed by atoms with van der Waals surface area (Å²) in [5, 5.41) is 15.7. The van der Waals surface area contributed by atoms with Crippen LogP contribution in [0.1, 0.15) is 18.3 Å². The van der Waals surface area contributed by atoms with Gasteiger partial charge in [0, 0.05) is 18.8 Å². The van der Waals surface area contributed by atoms with Gasteiger partial charge in [0.05, 0.1) is 17.2 Å². The summed E-state index contributed by atoms with van der Waals surface area (Å²) in [5.74, 6) is 1.81. The number of rotatable bonds is 9. The molecule has 2 aromatic heterocycles. The number of anilines is 1. The van der Waals surface area contributed by atoms with Gasteiger partial charge in [0.1, 0.15) is 11.6 Å². The number of ether oxygens (including phenoxy) is 1. The molecular weight excluding hydrogens is 392 g/mol. The van der Waals surface area contributed by atoms with Crippen LogP contribution in [0.25, 0.3) is 5.82 Å². The lowest BCUT2D eigenvalue weighted by molar-refractivity contribution is 0.340. The van der Waals surface area contributed by atoms with E-state index in [4.69, 9.17) is 4.74 Å². The quantitative estimate of drug-likeness (QED) is 0.514. The van der Waals surface area contributed by atoms with Crippen LogP contribution in [0, 0.1) is 13.8 Å². The number of aryl methyl sites for hydroxylation is 2. The van der Waals surface area contributed by atoms with E-state index in [1.165, 1.54) is 12.1 Å². The normalized spacial score (nSPS) is 11.4. The molecule has 0 saturated carbocycles. The van der Waals surface area contributed by atoms with Crippen LogP contribution >= 0.6 is 0 Å².